The van der Waals surface area contributed by atoms with Crippen molar-refractivity contribution in [1.82, 2.24) is 4.98 Å². The van der Waals surface area contributed by atoms with Gasteiger partial charge in [0.15, 0.2) is 0 Å². The molecule has 2 rings (SSSR count). The van der Waals surface area contributed by atoms with Crippen molar-refractivity contribution in [3.8, 4) is 0 Å². The van der Waals surface area contributed by atoms with E-state index < -0.39 is 0 Å². The minimum absolute atomic E-state index is 0.127. The maximum atomic E-state index is 5.89. The van der Waals surface area contributed by atoms with Crippen LogP contribution in [0.2, 0.25) is 0 Å². The molecule has 0 saturated carbocycles. The van der Waals surface area contributed by atoms with Crippen LogP contribution in [0.15, 0.2) is 18.3 Å². The first-order chi connectivity index (χ1) is 8.00. The summed E-state index contributed by atoms with van der Waals surface area (Å²) in [5, 5.41) is 0. The Morgan fingerprint density at radius 1 is 1.59 bits per heavy atom. The maximum Gasteiger partial charge on any atom is 0.128 e. The summed E-state index contributed by atoms with van der Waals surface area (Å²) in [4.78, 5) is 6.70. The zero-order valence-corrected chi connectivity index (χ0v) is 10.8. The lowest BCUT2D eigenvalue weighted by Crippen LogP contribution is -2.52. The number of hydrogen-bond acceptors (Lipinski definition) is 4. The van der Waals surface area contributed by atoms with Gasteiger partial charge in [0.1, 0.15) is 5.82 Å². The van der Waals surface area contributed by atoms with Gasteiger partial charge in [-0.3, -0.25) is 0 Å². The predicted molar refractivity (Wildman–Crippen MR) is 69.0 cm³/mol. The van der Waals surface area contributed by atoms with Crippen LogP contribution in [0, 0.1) is 0 Å². The molecule has 1 fully saturated rings. The fraction of sp³-hybridized carbons (Fsp3) is 0.615. The number of anilines is 1. The molecular weight excluding hydrogens is 214 g/mol. The lowest BCUT2D eigenvalue weighted by molar-refractivity contribution is -0.0751. The van der Waals surface area contributed by atoms with Gasteiger partial charge in [0.25, 0.3) is 0 Å². The average Bonchev–Trinajstić information content (AvgIpc) is 2.26. The Hall–Kier alpha value is -1.13. The van der Waals surface area contributed by atoms with Gasteiger partial charge in [-0.1, -0.05) is 0 Å². The number of rotatable bonds is 2. The highest BCUT2D eigenvalue weighted by molar-refractivity contribution is 5.42. The number of morpholine rings is 1. The fourth-order valence-corrected chi connectivity index (χ4v) is 2.39. The van der Waals surface area contributed by atoms with E-state index in [0.29, 0.717) is 6.54 Å². The van der Waals surface area contributed by atoms with E-state index in [2.05, 4.69) is 36.7 Å². The van der Waals surface area contributed by atoms with E-state index in [9.17, 15) is 0 Å². The van der Waals surface area contributed by atoms with Gasteiger partial charge in [0.05, 0.1) is 11.7 Å². The van der Waals surface area contributed by atoms with Crippen LogP contribution in [0.1, 0.15) is 26.3 Å². The molecule has 2 heterocycles. The van der Waals surface area contributed by atoms with Crippen molar-refractivity contribution in [2.45, 2.75) is 39.0 Å². The van der Waals surface area contributed by atoms with Crippen LogP contribution in [0.5, 0.6) is 0 Å². The van der Waals surface area contributed by atoms with E-state index in [1.807, 2.05) is 12.3 Å². The number of nitrogens with zero attached hydrogens (tertiary/aromatic N) is 2. The Labute approximate surface area is 103 Å². The third-order valence-electron chi connectivity index (χ3n) is 2.94. The van der Waals surface area contributed by atoms with Crippen molar-refractivity contribution < 1.29 is 4.74 Å². The third-order valence-corrected chi connectivity index (χ3v) is 2.94. The van der Waals surface area contributed by atoms with E-state index in [1.165, 1.54) is 0 Å². The van der Waals surface area contributed by atoms with Crippen LogP contribution in [0.3, 0.4) is 0 Å². The summed E-state index contributed by atoms with van der Waals surface area (Å²) in [6, 6.07) is 4.02. The summed E-state index contributed by atoms with van der Waals surface area (Å²) < 4.78 is 5.89. The second-order valence-corrected chi connectivity index (χ2v) is 5.30. The highest BCUT2D eigenvalue weighted by Crippen LogP contribution is 2.24. The number of ether oxygens (including phenoxy) is 1. The molecule has 2 N–H and O–H groups in total. The second-order valence-electron chi connectivity index (χ2n) is 5.30. The van der Waals surface area contributed by atoms with Crippen molar-refractivity contribution in [1.29, 1.82) is 0 Å². The quantitative estimate of drug-likeness (QED) is 0.845. The highest BCUT2D eigenvalue weighted by Gasteiger charge is 2.31. The lowest BCUT2D eigenvalue weighted by atomic mass is 10.1. The molecule has 0 aromatic carbocycles. The SMILES string of the molecule is CC1CN(c2cc(CN)ccn2)CC(C)(C)O1. The molecule has 1 saturated heterocycles. The normalized spacial score (nSPS) is 23.8. The third kappa shape index (κ3) is 2.96. The molecule has 1 aromatic heterocycles. The van der Waals surface area contributed by atoms with Crippen LogP contribution < -0.4 is 10.6 Å². The Kier molecular flexibility index (Phi) is 3.35. The summed E-state index contributed by atoms with van der Waals surface area (Å²) >= 11 is 0. The number of hydrogen-bond donors (Lipinski definition) is 1. The summed E-state index contributed by atoms with van der Waals surface area (Å²) in [5.41, 5.74) is 6.65. The summed E-state index contributed by atoms with van der Waals surface area (Å²) in [6.45, 7) is 8.62. The zero-order chi connectivity index (χ0) is 12.5. The fourth-order valence-electron chi connectivity index (χ4n) is 2.39. The summed E-state index contributed by atoms with van der Waals surface area (Å²) in [6.07, 6.45) is 2.05. The molecule has 0 bridgehead atoms. The Morgan fingerprint density at radius 2 is 2.35 bits per heavy atom. The van der Waals surface area contributed by atoms with Gasteiger partial charge < -0.3 is 15.4 Å². The number of nitrogens with two attached hydrogens (primary N) is 1. The van der Waals surface area contributed by atoms with Crippen molar-refractivity contribution in [3.05, 3.63) is 23.9 Å². The van der Waals surface area contributed by atoms with Crippen LogP contribution in [-0.4, -0.2) is 29.8 Å². The van der Waals surface area contributed by atoms with E-state index in [1.54, 1.807) is 0 Å². The van der Waals surface area contributed by atoms with Gasteiger partial charge in [-0.15, -0.1) is 0 Å². The van der Waals surface area contributed by atoms with Gasteiger partial charge in [0.2, 0.25) is 0 Å². The van der Waals surface area contributed by atoms with Gasteiger partial charge in [-0.25, -0.2) is 4.98 Å². The van der Waals surface area contributed by atoms with Gasteiger partial charge in [-0.2, -0.15) is 0 Å². The van der Waals surface area contributed by atoms with Gasteiger partial charge >= 0.3 is 0 Å². The molecule has 1 unspecified atom stereocenters. The van der Waals surface area contributed by atoms with Crippen LogP contribution in [0.4, 0.5) is 5.82 Å². The van der Waals surface area contributed by atoms with E-state index in [4.69, 9.17) is 10.5 Å². The second kappa shape index (κ2) is 4.63. The largest absolute Gasteiger partial charge is 0.369 e. The molecule has 1 atom stereocenters. The molecule has 0 aliphatic carbocycles. The van der Waals surface area contributed by atoms with E-state index >= 15 is 0 Å². The predicted octanol–water partition coefficient (Wildman–Crippen LogP) is 1.54. The molecule has 1 aromatic rings. The van der Waals surface area contributed by atoms with Crippen LogP contribution >= 0.6 is 0 Å². The first-order valence-corrected chi connectivity index (χ1v) is 6.08. The minimum Gasteiger partial charge on any atom is -0.369 e. The topological polar surface area (TPSA) is 51.4 Å². The first kappa shape index (κ1) is 12.3. The first-order valence-electron chi connectivity index (χ1n) is 6.08. The summed E-state index contributed by atoms with van der Waals surface area (Å²) in [5.74, 6) is 0.996. The average molecular weight is 235 g/mol. The number of aromatic nitrogens is 1. The zero-order valence-electron chi connectivity index (χ0n) is 10.8. The molecule has 1 aliphatic rings. The molecule has 0 radical (unpaired) electrons. The highest BCUT2D eigenvalue weighted by atomic mass is 16.5. The summed E-state index contributed by atoms with van der Waals surface area (Å²) in [7, 11) is 0. The molecular formula is C13H21N3O. The van der Waals surface area contributed by atoms with Crippen molar-refractivity contribution in [2.75, 3.05) is 18.0 Å². The molecule has 1 aliphatic heterocycles. The Bertz CT molecular complexity index is 392. The minimum atomic E-state index is -0.127. The van der Waals surface area contributed by atoms with Gasteiger partial charge in [-0.05, 0) is 38.5 Å². The van der Waals surface area contributed by atoms with E-state index in [0.717, 1.165) is 24.5 Å². The smallest absolute Gasteiger partial charge is 0.128 e. The Morgan fingerprint density at radius 3 is 3.00 bits per heavy atom. The standard InChI is InChI=1S/C13H21N3O/c1-10-8-16(9-13(2,3)17-10)12-6-11(7-14)4-5-15-12/h4-6,10H,7-9,14H2,1-3H3. The monoisotopic (exact) mass is 235 g/mol. The van der Waals surface area contributed by atoms with E-state index in [-0.39, 0.29) is 11.7 Å². The van der Waals surface area contributed by atoms with Gasteiger partial charge in [0, 0.05) is 25.8 Å². The molecule has 4 nitrogen and oxygen atoms in total. The lowest BCUT2D eigenvalue weighted by Gasteiger charge is -2.42. The molecule has 17 heavy (non-hydrogen) atoms. The molecule has 0 amide bonds. The van der Waals surface area contributed by atoms with Crippen molar-refractivity contribution in [2.24, 2.45) is 5.73 Å². The maximum absolute atomic E-state index is 5.89. The van der Waals surface area contributed by atoms with Crippen LogP contribution in [-0.2, 0) is 11.3 Å². The number of pyridine rings is 1. The van der Waals surface area contributed by atoms with Crippen molar-refractivity contribution in [3.63, 3.8) is 0 Å². The molecule has 94 valence electrons. The Balaban J connectivity index is 2.20. The molecule has 4 heteroatoms. The van der Waals surface area contributed by atoms with Crippen molar-refractivity contribution >= 4 is 5.82 Å². The van der Waals surface area contributed by atoms with Crippen LogP contribution in [0.25, 0.3) is 0 Å². The molecule has 0 spiro atoms.